The molecule has 0 aliphatic carbocycles. The minimum atomic E-state index is -3.73. The molecule has 0 fully saturated rings. The molecule has 0 saturated heterocycles. The van der Waals surface area contributed by atoms with E-state index in [1.165, 1.54) is 48.5 Å². The minimum Gasteiger partial charge on any atom is -0.319 e. The summed E-state index contributed by atoms with van der Waals surface area (Å²) in [6.07, 6.45) is 0. The number of hydrogen-bond donors (Lipinski definition) is 2. The van der Waals surface area contributed by atoms with Gasteiger partial charge >= 0.3 is 0 Å². The maximum absolute atomic E-state index is 13.8. The fourth-order valence-corrected chi connectivity index (χ4v) is 3.80. The van der Waals surface area contributed by atoms with E-state index in [-0.39, 0.29) is 16.1 Å². The minimum absolute atomic E-state index is 0.0531. The van der Waals surface area contributed by atoms with E-state index in [1.54, 1.807) is 18.2 Å². The van der Waals surface area contributed by atoms with Gasteiger partial charge in [-0.1, -0.05) is 33.6 Å². The summed E-state index contributed by atoms with van der Waals surface area (Å²) in [6, 6.07) is 16.6. The van der Waals surface area contributed by atoms with Crippen LogP contribution in [0.5, 0.6) is 0 Å². The first-order valence-electron chi connectivity index (χ1n) is 8.20. The Labute approximate surface area is 170 Å². The van der Waals surface area contributed by atoms with Gasteiger partial charge in [0.15, 0.2) is 0 Å². The molecule has 0 spiro atoms. The zero-order valence-corrected chi connectivity index (χ0v) is 17.1. The number of hydrogen-bond acceptors (Lipinski definition) is 3. The molecule has 2 N–H and O–H groups in total. The summed E-state index contributed by atoms with van der Waals surface area (Å²) in [5.74, 6) is -1.07. The van der Waals surface area contributed by atoms with Crippen LogP contribution in [0.1, 0.15) is 15.9 Å². The molecular weight excluding hydrogens is 447 g/mol. The summed E-state index contributed by atoms with van der Waals surface area (Å²) in [6.45, 7) is 1.87. The van der Waals surface area contributed by atoms with Crippen molar-refractivity contribution < 1.29 is 17.6 Å². The van der Waals surface area contributed by atoms with Crippen LogP contribution >= 0.6 is 15.9 Å². The lowest BCUT2D eigenvalue weighted by molar-refractivity contribution is 0.102. The number of carbonyl (C=O) groups is 1. The molecule has 28 heavy (non-hydrogen) atoms. The number of sulfonamides is 1. The van der Waals surface area contributed by atoms with Crippen LogP contribution < -0.4 is 10.0 Å². The highest BCUT2D eigenvalue weighted by Crippen LogP contribution is 2.21. The Bertz CT molecular complexity index is 1120. The van der Waals surface area contributed by atoms with E-state index in [0.717, 1.165) is 5.56 Å². The Kier molecular flexibility index (Phi) is 5.81. The SMILES string of the molecule is Cc1ccc(S(=O)(=O)Nc2ccc(C(=O)Nc3ccc(Br)cc3F)cc2)cc1. The summed E-state index contributed by atoms with van der Waals surface area (Å²) in [5, 5.41) is 2.48. The second-order valence-electron chi connectivity index (χ2n) is 6.07. The number of amides is 1. The van der Waals surface area contributed by atoms with E-state index < -0.39 is 21.7 Å². The van der Waals surface area contributed by atoms with Gasteiger partial charge in [-0.15, -0.1) is 0 Å². The van der Waals surface area contributed by atoms with Crippen molar-refractivity contribution >= 4 is 43.2 Å². The molecule has 5 nitrogen and oxygen atoms in total. The van der Waals surface area contributed by atoms with E-state index in [0.29, 0.717) is 10.2 Å². The number of halogens is 2. The number of anilines is 2. The molecule has 0 saturated carbocycles. The summed E-state index contributed by atoms with van der Waals surface area (Å²) in [5.41, 5.74) is 1.58. The van der Waals surface area contributed by atoms with Crippen LogP contribution in [-0.2, 0) is 10.0 Å². The predicted molar refractivity (Wildman–Crippen MR) is 110 cm³/mol. The Hall–Kier alpha value is -2.71. The molecule has 8 heteroatoms. The molecule has 3 aromatic carbocycles. The third-order valence-electron chi connectivity index (χ3n) is 3.91. The lowest BCUT2D eigenvalue weighted by Crippen LogP contribution is -2.14. The molecule has 0 aromatic heterocycles. The monoisotopic (exact) mass is 462 g/mol. The first kappa shape index (κ1) is 20.0. The first-order chi connectivity index (χ1) is 13.2. The molecule has 0 atom stereocenters. The second kappa shape index (κ2) is 8.12. The first-order valence-corrected chi connectivity index (χ1v) is 10.5. The Morgan fingerprint density at radius 1 is 0.964 bits per heavy atom. The average Bonchev–Trinajstić information content (AvgIpc) is 2.64. The molecule has 144 valence electrons. The Morgan fingerprint density at radius 3 is 2.21 bits per heavy atom. The van der Waals surface area contributed by atoms with Crippen LogP contribution in [0, 0.1) is 12.7 Å². The maximum atomic E-state index is 13.8. The van der Waals surface area contributed by atoms with Gasteiger partial charge in [0.2, 0.25) is 0 Å². The average molecular weight is 463 g/mol. The van der Waals surface area contributed by atoms with Crippen molar-refractivity contribution in [2.75, 3.05) is 10.0 Å². The van der Waals surface area contributed by atoms with Crippen molar-refractivity contribution in [3.05, 3.63) is 88.1 Å². The number of rotatable bonds is 5. The zero-order chi connectivity index (χ0) is 20.3. The van der Waals surface area contributed by atoms with Crippen molar-refractivity contribution in [3.8, 4) is 0 Å². The largest absolute Gasteiger partial charge is 0.319 e. The zero-order valence-electron chi connectivity index (χ0n) is 14.7. The standard InChI is InChI=1S/C20H16BrFN2O3S/c1-13-2-9-17(10-3-13)28(26,27)24-16-7-4-14(5-8-16)20(25)23-19-11-6-15(21)12-18(19)22/h2-12,24H,1H3,(H,23,25). The summed E-state index contributed by atoms with van der Waals surface area (Å²) in [4.78, 5) is 12.4. The van der Waals surface area contributed by atoms with Crippen LogP contribution in [-0.4, -0.2) is 14.3 Å². The van der Waals surface area contributed by atoms with Crippen LogP contribution in [0.25, 0.3) is 0 Å². The third-order valence-corrected chi connectivity index (χ3v) is 5.80. The number of benzene rings is 3. The highest BCUT2D eigenvalue weighted by Gasteiger charge is 2.15. The molecule has 0 aliphatic rings. The molecular formula is C20H16BrFN2O3S. The third kappa shape index (κ3) is 4.76. The molecule has 0 bridgehead atoms. The number of aryl methyl sites for hydroxylation is 1. The van der Waals surface area contributed by atoms with Crippen molar-refractivity contribution in [2.45, 2.75) is 11.8 Å². The fourth-order valence-electron chi connectivity index (χ4n) is 2.41. The van der Waals surface area contributed by atoms with Gasteiger partial charge in [-0.25, -0.2) is 12.8 Å². The van der Waals surface area contributed by atoms with Crippen LogP contribution in [0.4, 0.5) is 15.8 Å². The Morgan fingerprint density at radius 2 is 1.61 bits per heavy atom. The van der Waals surface area contributed by atoms with E-state index in [2.05, 4.69) is 26.0 Å². The highest BCUT2D eigenvalue weighted by molar-refractivity contribution is 9.10. The predicted octanol–water partition coefficient (Wildman–Crippen LogP) is 4.95. The van der Waals surface area contributed by atoms with E-state index in [4.69, 9.17) is 0 Å². The van der Waals surface area contributed by atoms with E-state index in [9.17, 15) is 17.6 Å². The topological polar surface area (TPSA) is 75.3 Å². The summed E-state index contributed by atoms with van der Waals surface area (Å²) < 4.78 is 41.7. The van der Waals surface area contributed by atoms with Gasteiger partial charge in [-0.2, -0.15) is 0 Å². The number of nitrogens with one attached hydrogen (secondary N) is 2. The molecule has 0 aliphatic heterocycles. The highest BCUT2D eigenvalue weighted by atomic mass is 79.9. The van der Waals surface area contributed by atoms with Gasteiger partial charge in [-0.05, 0) is 61.5 Å². The maximum Gasteiger partial charge on any atom is 0.261 e. The van der Waals surface area contributed by atoms with Crippen molar-refractivity contribution in [1.82, 2.24) is 0 Å². The molecule has 0 heterocycles. The van der Waals surface area contributed by atoms with Crippen molar-refractivity contribution in [1.29, 1.82) is 0 Å². The van der Waals surface area contributed by atoms with E-state index >= 15 is 0 Å². The number of carbonyl (C=O) groups excluding carboxylic acids is 1. The van der Waals surface area contributed by atoms with Crippen molar-refractivity contribution in [3.63, 3.8) is 0 Å². The van der Waals surface area contributed by atoms with Gasteiger partial charge in [0.25, 0.3) is 15.9 Å². The van der Waals surface area contributed by atoms with Crippen molar-refractivity contribution in [2.24, 2.45) is 0 Å². The van der Waals surface area contributed by atoms with Gasteiger partial charge in [0.1, 0.15) is 5.82 Å². The fraction of sp³-hybridized carbons (Fsp3) is 0.0500. The molecule has 3 aromatic rings. The molecule has 0 unspecified atom stereocenters. The van der Waals surface area contributed by atoms with E-state index in [1.807, 2.05) is 6.92 Å². The Balaban J connectivity index is 1.72. The summed E-state index contributed by atoms with van der Waals surface area (Å²) in [7, 11) is -3.73. The van der Waals surface area contributed by atoms with Crippen LogP contribution in [0.2, 0.25) is 0 Å². The van der Waals surface area contributed by atoms with Gasteiger partial charge in [0.05, 0.1) is 10.6 Å². The lowest BCUT2D eigenvalue weighted by atomic mass is 10.2. The van der Waals surface area contributed by atoms with Gasteiger partial charge < -0.3 is 5.32 Å². The molecule has 1 amide bonds. The smallest absolute Gasteiger partial charge is 0.261 e. The molecule has 3 rings (SSSR count). The lowest BCUT2D eigenvalue weighted by Gasteiger charge is -2.10. The quantitative estimate of drug-likeness (QED) is 0.563. The molecule has 0 radical (unpaired) electrons. The van der Waals surface area contributed by atoms with Crippen LogP contribution in [0.15, 0.2) is 76.1 Å². The van der Waals surface area contributed by atoms with Gasteiger partial charge in [0, 0.05) is 15.7 Å². The summed E-state index contributed by atoms with van der Waals surface area (Å²) >= 11 is 3.15. The van der Waals surface area contributed by atoms with Crippen LogP contribution in [0.3, 0.4) is 0 Å². The second-order valence-corrected chi connectivity index (χ2v) is 8.67. The van der Waals surface area contributed by atoms with Gasteiger partial charge in [-0.3, -0.25) is 9.52 Å². The normalized spacial score (nSPS) is 11.1.